The van der Waals surface area contributed by atoms with Crippen molar-refractivity contribution < 1.29 is 9.84 Å². The van der Waals surface area contributed by atoms with E-state index in [1.54, 1.807) is 30.3 Å². The zero-order valence-corrected chi connectivity index (χ0v) is 9.13. The largest absolute Gasteiger partial charge is 0.508 e. The van der Waals surface area contributed by atoms with Crippen molar-refractivity contribution in [1.82, 2.24) is 0 Å². The summed E-state index contributed by atoms with van der Waals surface area (Å²) >= 11 is 0. The molecule has 2 rings (SSSR count). The summed E-state index contributed by atoms with van der Waals surface area (Å²) in [7, 11) is 0. The number of phenolic OH excluding ortho intramolecular Hbond substituents is 1. The second-order valence-electron chi connectivity index (χ2n) is 3.55. The van der Waals surface area contributed by atoms with Crippen molar-refractivity contribution >= 4 is 0 Å². The Morgan fingerprint density at radius 2 is 1.76 bits per heavy atom. The number of phenols is 1. The highest BCUT2D eigenvalue weighted by Gasteiger charge is 2.01. The zero-order chi connectivity index (χ0) is 12.1. The van der Waals surface area contributed by atoms with E-state index in [0.717, 1.165) is 5.56 Å². The maximum absolute atomic E-state index is 9.13. The number of nitrogens with zero attached hydrogens (tertiary/aromatic N) is 1. The quantitative estimate of drug-likeness (QED) is 0.873. The Hall–Kier alpha value is -2.47. The van der Waals surface area contributed by atoms with Crippen LogP contribution in [0.25, 0.3) is 0 Å². The molecule has 0 unspecified atom stereocenters. The third kappa shape index (κ3) is 2.76. The maximum Gasteiger partial charge on any atom is 0.120 e. The van der Waals surface area contributed by atoms with Crippen molar-refractivity contribution in [3.63, 3.8) is 0 Å². The standard InChI is InChI=1S/C14H11NO2/c15-9-11-3-1-2-4-12(11)10-17-14-7-5-13(16)6-8-14/h1-8,16H,10H2. The van der Waals surface area contributed by atoms with Crippen LogP contribution < -0.4 is 4.74 Å². The molecular formula is C14H11NO2. The maximum atomic E-state index is 9.13. The SMILES string of the molecule is N#Cc1ccccc1COc1ccc(O)cc1. The van der Waals surface area contributed by atoms with Crippen LogP contribution in [-0.2, 0) is 6.61 Å². The molecule has 0 spiro atoms. The molecule has 2 aromatic rings. The van der Waals surface area contributed by atoms with Gasteiger partial charge in [0.05, 0.1) is 11.6 Å². The summed E-state index contributed by atoms with van der Waals surface area (Å²) in [5.74, 6) is 0.866. The Kier molecular flexibility index (Phi) is 3.27. The lowest BCUT2D eigenvalue weighted by atomic mass is 10.1. The van der Waals surface area contributed by atoms with Gasteiger partial charge in [-0.2, -0.15) is 5.26 Å². The fourth-order valence-electron chi connectivity index (χ4n) is 1.46. The van der Waals surface area contributed by atoms with Crippen molar-refractivity contribution in [1.29, 1.82) is 5.26 Å². The fraction of sp³-hybridized carbons (Fsp3) is 0.0714. The molecule has 0 atom stereocenters. The minimum Gasteiger partial charge on any atom is -0.508 e. The Bertz CT molecular complexity index is 541. The van der Waals surface area contributed by atoms with Gasteiger partial charge in [-0.3, -0.25) is 0 Å². The molecule has 0 amide bonds. The lowest BCUT2D eigenvalue weighted by Gasteiger charge is -2.07. The van der Waals surface area contributed by atoms with E-state index >= 15 is 0 Å². The predicted molar refractivity (Wildman–Crippen MR) is 63.6 cm³/mol. The van der Waals surface area contributed by atoms with Gasteiger partial charge in [-0.1, -0.05) is 18.2 Å². The van der Waals surface area contributed by atoms with Crippen LogP contribution in [0.15, 0.2) is 48.5 Å². The molecule has 17 heavy (non-hydrogen) atoms. The van der Waals surface area contributed by atoms with E-state index in [1.165, 1.54) is 0 Å². The third-order valence-electron chi connectivity index (χ3n) is 2.37. The normalized spacial score (nSPS) is 9.59. The minimum absolute atomic E-state index is 0.203. The van der Waals surface area contributed by atoms with E-state index in [-0.39, 0.29) is 5.75 Å². The van der Waals surface area contributed by atoms with Gasteiger partial charge < -0.3 is 9.84 Å². The molecule has 0 aromatic heterocycles. The molecule has 0 aliphatic rings. The van der Waals surface area contributed by atoms with Crippen LogP contribution in [-0.4, -0.2) is 5.11 Å². The highest BCUT2D eigenvalue weighted by Crippen LogP contribution is 2.18. The number of hydrogen-bond acceptors (Lipinski definition) is 3. The number of hydrogen-bond donors (Lipinski definition) is 1. The monoisotopic (exact) mass is 225 g/mol. The van der Waals surface area contributed by atoms with Crippen LogP contribution in [0, 0.1) is 11.3 Å². The average Bonchev–Trinajstić information content (AvgIpc) is 2.38. The van der Waals surface area contributed by atoms with Gasteiger partial charge in [-0.15, -0.1) is 0 Å². The summed E-state index contributed by atoms with van der Waals surface area (Å²) in [6, 6.07) is 15.9. The van der Waals surface area contributed by atoms with E-state index in [1.807, 2.05) is 18.2 Å². The van der Waals surface area contributed by atoms with Crippen LogP contribution >= 0.6 is 0 Å². The molecule has 0 aliphatic heterocycles. The first-order chi connectivity index (χ1) is 8.29. The number of benzene rings is 2. The Morgan fingerprint density at radius 3 is 2.47 bits per heavy atom. The molecule has 3 nitrogen and oxygen atoms in total. The Balaban J connectivity index is 2.08. The Labute approximate surface area is 99.5 Å². The molecule has 0 bridgehead atoms. The Morgan fingerprint density at radius 1 is 1.06 bits per heavy atom. The van der Waals surface area contributed by atoms with E-state index in [0.29, 0.717) is 17.9 Å². The zero-order valence-electron chi connectivity index (χ0n) is 9.13. The first kappa shape index (κ1) is 11.0. The van der Waals surface area contributed by atoms with E-state index in [9.17, 15) is 0 Å². The third-order valence-corrected chi connectivity index (χ3v) is 2.37. The van der Waals surface area contributed by atoms with Crippen LogP contribution in [0.1, 0.15) is 11.1 Å². The molecule has 1 N–H and O–H groups in total. The first-order valence-electron chi connectivity index (χ1n) is 5.19. The molecular weight excluding hydrogens is 214 g/mol. The smallest absolute Gasteiger partial charge is 0.120 e. The van der Waals surface area contributed by atoms with Gasteiger partial charge in [-0.25, -0.2) is 0 Å². The topological polar surface area (TPSA) is 53.2 Å². The van der Waals surface area contributed by atoms with Gasteiger partial charge >= 0.3 is 0 Å². The van der Waals surface area contributed by atoms with Gasteiger partial charge in [0.1, 0.15) is 18.1 Å². The lowest BCUT2D eigenvalue weighted by molar-refractivity contribution is 0.305. The summed E-state index contributed by atoms with van der Waals surface area (Å²) < 4.78 is 5.53. The van der Waals surface area contributed by atoms with Crippen LogP contribution in [0.5, 0.6) is 11.5 Å². The molecule has 0 radical (unpaired) electrons. The molecule has 0 saturated heterocycles. The van der Waals surface area contributed by atoms with Gasteiger partial charge in [0.2, 0.25) is 0 Å². The molecule has 0 aliphatic carbocycles. The summed E-state index contributed by atoms with van der Waals surface area (Å²) in [6.45, 7) is 0.342. The van der Waals surface area contributed by atoms with Crippen LogP contribution in [0.2, 0.25) is 0 Å². The first-order valence-corrected chi connectivity index (χ1v) is 5.19. The number of rotatable bonds is 3. The second kappa shape index (κ2) is 5.04. The highest BCUT2D eigenvalue weighted by atomic mass is 16.5. The lowest BCUT2D eigenvalue weighted by Crippen LogP contribution is -1.97. The van der Waals surface area contributed by atoms with E-state index in [2.05, 4.69) is 6.07 Å². The van der Waals surface area contributed by atoms with Crippen molar-refractivity contribution in [3.8, 4) is 17.6 Å². The molecule has 0 saturated carbocycles. The fourth-order valence-corrected chi connectivity index (χ4v) is 1.46. The van der Waals surface area contributed by atoms with Crippen molar-refractivity contribution in [2.75, 3.05) is 0 Å². The summed E-state index contributed by atoms with van der Waals surface area (Å²) in [6.07, 6.45) is 0. The van der Waals surface area contributed by atoms with Crippen LogP contribution in [0.4, 0.5) is 0 Å². The van der Waals surface area contributed by atoms with Gasteiger partial charge in [0.15, 0.2) is 0 Å². The number of nitriles is 1. The highest BCUT2D eigenvalue weighted by molar-refractivity contribution is 5.37. The molecule has 3 heteroatoms. The van der Waals surface area contributed by atoms with Crippen molar-refractivity contribution in [3.05, 3.63) is 59.7 Å². The van der Waals surface area contributed by atoms with Gasteiger partial charge in [0.25, 0.3) is 0 Å². The minimum atomic E-state index is 0.203. The molecule has 2 aromatic carbocycles. The van der Waals surface area contributed by atoms with E-state index in [4.69, 9.17) is 15.1 Å². The molecule has 0 heterocycles. The van der Waals surface area contributed by atoms with Crippen LogP contribution in [0.3, 0.4) is 0 Å². The van der Waals surface area contributed by atoms with Gasteiger partial charge in [-0.05, 0) is 30.3 Å². The van der Waals surface area contributed by atoms with Crippen molar-refractivity contribution in [2.24, 2.45) is 0 Å². The number of aromatic hydroxyl groups is 1. The van der Waals surface area contributed by atoms with Gasteiger partial charge in [0, 0.05) is 5.56 Å². The second-order valence-corrected chi connectivity index (χ2v) is 3.55. The average molecular weight is 225 g/mol. The van der Waals surface area contributed by atoms with Crippen molar-refractivity contribution in [2.45, 2.75) is 6.61 Å². The summed E-state index contributed by atoms with van der Waals surface area (Å²) in [5, 5.41) is 18.0. The number of ether oxygens (including phenoxy) is 1. The predicted octanol–water partition coefficient (Wildman–Crippen LogP) is 2.84. The molecule has 84 valence electrons. The molecule has 0 fully saturated rings. The summed E-state index contributed by atoms with van der Waals surface area (Å²) in [4.78, 5) is 0. The summed E-state index contributed by atoms with van der Waals surface area (Å²) in [5.41, 5.74) is 1.47. The van der Waals surface area contributed by atoms with E-state index < -0.39 is 0 Å².